The second kappa shape index (κ2) is 5.76. The number of halogens is 1. The van der Waals surface area contributed by atoms with Crippen molar-refractivity contribution in [2.24, 2.45) is 5.41 Å². The lowest BCUT2D eigenvalue weighted by Gasteiger charge is -2.16. The first-order valence-corrected chi connectivity index (χ1v) is 5.83. The van der Waals surface area contributed by atoms with Crippen LogP contribution in [0.25, 0.3) is 0 Å². The third kappa shape index (κ3) is 4.65. The molecule has 1 rings (SSSR count). The van der Waals surface area contributed by atoms with E-state index < -0.39 is 5.41 Å². The largest absolute Gasteiger partial charge is 0.349 e. The van der Waals surface area contributed by atoms with Crippen molar-refractivity contribution in [3.8, 4) is 0 Å². The quantitative estimate of drug-likeness (QED) is 0.890. The minimum atomic E-state index is -0.455. The molecule has 1 aromatic rings. The van der Waals surface area contributed by atoms with E-state index >= 15 is 0 Å². The van der Waals surface area contributed by atoms with Crippen molar-refractivity contribution in [2.75, 3.05) is 6.54 Å². The fraction of sp³-hybridized carbons (Fsp3) is 0.429. The highest BCUT2D eigenvalue weighted by atomic mass is 19.1. The van der Waals surface area contributed by atoms with Crippen molar-refractivity contribution in [1.29, 1.82) is 0 Å². The van der Waals surface area contributed by atoms with E-state index in [1.807, 2.05) is 20.8 Å². The van der Waals surface area contributed by atoms with Gasteiger partial charge in [0.05, 0.1) is 13.0 Å². The summed E-state index contributed by atoms with van der Waals surface area (Å²) in [6, 6.07) is 5.73. The molecule has 0 aliphatic heterocycles. The van der Waals surface area contributed by atoms with Crippen LogP contribution in [0.15, 0.2) is 24.3 Å². The minimum Gasteiger partial charge on any atom is -0.349 e. The number of benzene rings is 1. The summed E-state index contributed by atoms with van der Waals surface area (Å²) in [5.41, 5.74) is 0.264. The van der Waals surface area contributed by atoms with Gasteiger partial charge in [0.1, 0.15) is 5.82 Å². The fourth-order valence-electron chi connectivity index (χ4n) is 1.29. The predicted molar refractivity (Wildman–Crippen MR) is 67.6 cm³/mol. The zero-order valence-electron chi connectivity index (χ0n) is 10.9. The molecule has 0 unspecified atom stereocenters. The van der Waals surface area contributed by atoms with Crippen LogP contribution in [0.3, 0.4) is 0 Å². The van der Waals surface area contributed by atoms with E-state index in [0.29, 0.717) is 0 Å². The van der Waals surface area contributed by atoms with E-state index in [2.05, 4.69) is 5.32 Å². The van der Waals surface area contributed by atoms with E-state index in [1.54, 1.807) is 12.1 Å². The Morgan fingerprint density at radius 1 is 1.17 bits per heavy atom. The van der Waals surface area contributed by atoms with Crippen molar-refractivity contribution in [3.63, 3.8) is 0 Å². The molecular formula is C14H18FNO2. The van der Waals surface area contributed by atoms with Gasteiger partial charge in [0.2, 0.25) is 5.91 Å². The lowest BCUT2D eigenvalue weighted by atomic mass is 9.91. The summed E-state index contributed by atoms with van der Waals surface area (Å²) in [5, 5.41) is 2.57. The zero-order chi connectivity index (χ0) is 13.8. The zero-order valence-corrected chi connectivity index (χ0v) is 10.9. The Balaban J connectivity index is 2.43. The number of Topliss-reactive ketones (excluding diaryl/α,β-unsaturated/α-hetero) is 1. The Kier molecular flexibility index (Phi) is 4.59. The molecule has 0 atom stereocenters. The Morgan fingerprint density at radius 2 is 1.72 bits per heavy atom. The van der Waals surface area contributed by atoms with Crippen LogP contribution in [0.2, 0.25) is 0 Å². The molecule has 0 radical (unpaired) electrons. The molecular weight excluding hydrogens is 233 g/mol. The van der Waals surface area contributed by atoms with E-state index in [9.17, 15) is 14.0 Å². The number of amides is 1. The van der Waals surface area contributed by atoms with Gasteiger partial charge in [0.15, 0.2) is 5.78 Å². The number of hydrogen-bond donors (Lipinski definition) is 1. The number of ketones is 1. The molecule has 0 saturated carbocycles. The Labute approximate surface area is 106 Å². The lowest BCUT2D eigenvalue weighted by Crippen LogP contribution is -2.36. The number of nitrogens with one attached hydrogen (secondary N) is 1. The van der Waals surface area contributed by atoms with Gasteiger partial charge in [0.25, 0.3) is 0 Å². The number of rotatable bonds is 4. The molecule has 4 heteroatoms. The molecule has 0 aliphatic carbocycles. The van der Waals surface area contributed by atoms with Crippen LogP contribution in [0, 0.1) is 11.2 Å². The monoisotopic (exact) mass is 251 g/mol. The first-order chi connectivity index (χ1) is 8.29. The maximum absolute atomic E-state index is 12.7. The van der Waals surface area contributed by atoms with E-state index in [-0.39, 0.29) is 30.5 Å². The average molecular weight is 251 g/mol. The smallest absolute Gasteiger partial charge is 0.224 e. The van der Waals surface area contributed by atoms with Crippen molar-refractivity contribution < 1.29 is 14.0 Å². The van der Waals surface area contributed by atoms with Crippen molar-refractivity contribution in [3.05, 3.63) is 35.6 Å². The summed E-state index contributed by atoms with van der Waals surface area (Å²) in [6.45, 7) is 5.45. The Bertz CT molecular complexity index is 432. The van der Waals surface area contributed by atoms with Crippen molar-refractivity contribution in [2.45, 2.75) is 27.2 Å². The molecule has 0 spiro atoms. The molecule has 98 valence electrons. The summed E-state index contributed by atoms with van der Waals surface area (Å²) < 4.78 is 12.7. The summed E-state index contributed by atoms with van der Waals surface area (Å²) in [7, 11) is 0. The van der Waals surface area contributed by atoms with Crippen LogP contribution in [-0.2, 0) is 16.0 Å². The van der Waals surface area contributed by atoms with Crippen LogP contribution in [0.1, 0.15) is 26.3 Å². The first kappa shape index (κ1) is 14.4. The molecule has 0 saturated heterocycles. The van der Waals surface area contributed by atoms with Gasteiger partial charge in [-0.1, -0.05) is 32.9 Å². The summed E-state index contributed by atoms with van der Waals surface area (Å²) in [4.78, 5) is 23.2. The molecule has 0 aromatic heterocycles. The summed E-state index contributed by atoms with van der Waals surface area (Å²) in [5.74, 6) is -0.587. The normalized spacial score (nSPS) is 11.1. The third-order valence-electron chi connectivity index (χ3n) is 2.56. The second-order valence-corrected chi connectivity index (χ2v) is 5.25. The molecule has 0 fully saturated rings. The SMILES string of the molecule is CC(C)(C)C(=O)CNC(=O)Cc1ccc(F)cc1. The summed E-state index contributed by atoms with van der Waals surface area (Å²) >= 11 is 0. The molecule has 1 aromatic carbocycles. The van der Waals surface area contributed by atoms with Crippen molar-refractivity contribution in [1.82, 2.24) is 5.32 Å². The summed E-state index contributed by atoms with van der Waals surface area (Å²) in [6.07, 6.45) is 0.150. The van der Waals surface area contributed by atoms with Crippen molar-refractivity contribution >= 4 is 11.7 Å². The van der Waals surface area contributed by atoms with E-state index in [0.717, 1.165) is 5.56 Å². The molecule has 0 heterocycles. The predicted octanol–water partition coefficient (Wildman–Crippen LogP) is 2.10. The Morgan fingerprint density at radius 3 is 2.22 bits per heavy atom. The number of carbonyl (C=O) groups excluding carboxylic acids is 2. The second-order valence-electron chi connectivity index (χ2n) is 5.25. The lowest BCUT2D eigenvalue weighted by molar-refractivity contribution is -0.128. The molecule has 1 N–H and O–H groups in total. The molecule has 0 aliphatic rings. The standard InChI is InChI=1S/C14H18FNO2/c1-14(2,3)12(17)9-16-13(18)8-10-4-6-11(15)7-5-10/h4-7H,8-9H2,1-3H3,(H,16,18). The first-order valence-electron chi connectivity index (χ1n) is 5.83. The highest BCUT2D eigenvalue weighted by Crippen LogP contribution is 2.13. The van der Waals surface area contributed by atoms with Gasteiger partial charge in [-0.2, -0.15) is 0 Å². The highest BCUT2D eigenvalue weighted by molar-refractivity contribution is 5.89. The molecule has 0 bridgehead atoms. The van der Waals surface area contributed by atoms with Gasteiger partial charge >= 0.3 is 0 Å². The van der Waals surface area contributed by atoms with Crippen LogP contribution < -0.4 is 5.32 Å². The highest BCUT2D eigenvalue weighted by Gasteiger charge is 2.21. The van der Waals surface area contributed by atoms with Crippen LogP contribution in [-0.4, -0.2) is 18.2 Å². The van der Waals surface area contributed by atoms with Gasteiger partial charge in [-0.15, -0.1) is 0 Å². The minimum absolute atomic E-state index is 0.0186. The topological polar surface area (TPSA) is 46.2 Å². The van der Waals surface area contributed by atoms with Gasteiger partial charge in [-0.25, -0.2) is 4.39 Å². The fourth-order valence-corrected chi connectivity index (χ4v) is 1.29. The van der Waals surface area contributed by atoms with Crippen LogP contribution in [0.4, 0.5) is 4.39 Å². The Hall–Kier alpha value is -1.71. The van der Waals surface area contributed by atoms with E-state index in [1.165, 1.54) is 12.1 Å². The molecule has 3 nitrogen and oxygen atoms in total. The van der Waals surface area contributed by atoms with Gasteiger partial charge in [-0.05, 0) is 17.7 Å². The number of hydrogen-bond acceptors (Lipinski definition) is 2. The molecule has 18 heavy (non-hydrogen) atoms. The van der Waals surface area contributed by atoms with Gasteiger partial charge in [0, 0.05) is 5.41 Å². The number of carbonyl (C=O) groups is 2. The maximum Gasteiger partial charge on any atom is 0.224 e. The third-order valence-corrected chi connectivity index (χ3v) is 2.56. The molecule has 1 amide bonds. The maximum atomic E-state index is 12.7. The van der Waals surface area contributed by atoms with E-state index in [4.69, 9.17) is 0 Å². The van der Waals surface area contributed by atoms with Crippen LogP contribution >= 0.6 is 0 Å². The average Bonchev–Trinajstić information content (AvgIpc) is 2.28. The van der Waals surface area contributed by atoms with Gasteiger partial charge < -0.3 is 5.32 Å². The van der Waals surface area contributed by atoms with Crippen LogP contribution in [0.5, 0.6) is 0 Å². The van der Waals surface area contributed by atoms with Gasteiger partial charge in [-0.3, -0.25) is 9.59 Å².